The summed E-state index contributed by atoms with van der Waals surface area (Å²) in [5.74, 6) is -0.625. The average molecular weight is 375 g/mol. The highest BCUT2D eigenvalue weighted by Gasteiger charge is 2.36. The van der Waals surface area contributed by atoms with Gasteiger partial charge in [0.05, 0.1) is 18.4 Å². The smallest absolute Gasteiger partial charge is 0.309 e. The van der Waals surface area contributed by atoms with Gasteiger partial charge in [0.1, 0.15) is 0 Å². The minimum absolute atomic E-state index is 0.000894. The van der Waals surface area contributed by atoms with Gasteiger partial charge in [0.15, 0.2) is 0 Å². The summed E-state index contributed by atoms with van der Waals surface area (Å²) in [5.41, 5.74) is 0. The van der Waals surface area contributed by atoms with E-state index >= 15 is 0 Å². The summed E-state index contributed by atoms with van der Waals surface area (Å²) in [6, 6.07) is 0. The second kappa shape index (κ2) is 8.46. The first-order valence-electron chi connectivity index (χ1n) is 8.90. The third-order valence-corrected chi connectivity index (χ3v) is 6.85. The van der Waals surface area contributed by atoms with Crippen molar-refractivity contribution in [1.82, 2.24) is 13.5 Å². The van der Waals surface area contributed by atoms with E-state index in [1.807, 2.05) is 0 Å². The topological polar surface area (TPSA) is 87.2 Å². The minimum Gasteiger partial charge on any atom is -0.466 e. The molecular weight excluding hydrogens is 346 g/mol. The quantitative estimate of drug-likeness (QED) is 0.645. The Kier molecular flexibility index (Phi) is 6.81. The third-order valence-electron chi connectivity index (χ3n) is 4.95. The molecule has 0 aliphatic carbocycles. The molecule has 0 radical (unpaired) electrons. The molecule has 2 aliphatic heterocycles. The lowest BCUT2D eigenvalue weighted by atomic mass is 9.93. The van der Waals surface area contributed by atoms with Crippen molar-refractivity contribution in [2.24, 2.45) is 11.8 Å². The van der Waals surface area contributed by atoms with Crippen molar-refractivity contribution in [3.05, 3.63) is 0 Å². The molecule has 0 spiro atoms. The number of rotatable bonds is 5. The predicted octanol–water partition coefficient (Wildman–Crippen LogP) is 0.307. The molecule has 0 saturated carbocycles. The number of nitrogens with zero attached hydrogens (tertiary/aromatic N) is 3. The van der Waals surface area contributed by atoms with Crippen LogP contribution in [0.5, 0.6) is 0 Å². The van der Waals surface area contributed by atoms with Crippen LogP contribution in [-0.4, -0.2) is 80.7 Å². The van der Waals surface area contributed by atoms with Gasteiger partial charge in [-0.15, -0.1) is 0 Å². The fourth-order valence-corrected chi connectivity index (χ4v) is 4.63. The molecule has 0 aromatic carbocycles. The second-order valence-corrected chi connectivity index (χ2v) is 8.98. The van der Waals surface area contributed by atoms with Crippen LogP contribution in [0.3, 0.4) is 0 Å². The summed E-state index contributed by atoms with van der Waals surface area (Å²) in [6.07, 6.45) is 2.60. The van der Waals surface area contributed by atoms with E-state index in [0.717, 1.165) is 0 Å². The molecule has 9 heteroatoms. The number of likely N-dealkylation sites (tertiary alicyclic amines) is 1. The van der Waals surface area contributed by atoms with Crippen molar-refractivity contribution in [2.45, 2.75) is 32.6 Å². The minimum atomic E-state index is -3.49. The zero-order valence-corrected chi connectivity index (χ0v) is 16.1. The lowest BCUT2D eigenvalue weighted by molar-refractivity contribution is -0.152. The number of hydrogen-bond acceptors (Lipinski definition) is 5. The van der Waals surface area contributed by atoms with Gasteiger partial charge in [0.25, 0.3) is 10.2 Å². The lowest BCUT2D eigenvalue weighted by Gasteiger charge is -2.37. The van der Waals surface area contributed by atoms with Crippen LogP contribution < -0.4 is 0 Å². The average Bonchev–Trinajstić information content (AvgIpc) is 2.61. The fraction of sp³-hybridized carbons (Fsp3) is 0.875. The van der Waals surface area contributed by atoms with E-state index < -0.39 is 10.2 Å². The van der Waals surface area contributed by atoms with Crippen molar-refractivity contribution < 1.29 is 22.7 Å². The van der Waals surface area contributed by atoms with Gasteiger partial charge < -0.3 is 9.64 Å². The summed E-state index contributed by atoms with van der Waals surface area (Å²) in [5, 5.41) is 0. The van der Waals surface area contributed by atoms with Crippen LogP contribution in [0.4, 0.5) is 0 Å². The van der Waals surface area contributed by atoms with Gasteiger partial charge in [-0.05, 0) is 32.6 Å². The van der Waals surface area contributed by atoms with E-state index in [-0.39, 0.29) is 30.3 Å². The largest absolute Gasteiger partial charge is 0.466 e. The highest BCUT2D eigenvalue weighted by atomic mass is 32.2. The number of esters is 1. The highest BCUT2D eigenvalue weighted by molar-refractivity contribution is 7.86. The first-order chi connectivity index (χ1) is 11.8. The Labute approximate surface area is 150 Å². The Morgan fingerprint density at radius 1 is 1.08 bits per heavy atom. The summed E-state index contributed by atoms with van der Waals surface area (Å²) in [7, 11) is -0.487. The third kappa shape index (κ3) is 4.71. The molecule has 144 valence electrons. The zero-order chi connectivity index (χ0) is 18.6. The molecule has 2 rings (SSSR count). The monoisotopic (exact) mass is 375 g/mol. The van der Waals surface area contributed by atoms with Crippen molar-refractivity contribution >= 4 is 22.1 Å². The Hall–Kier alpha value is -1.19. The second-order valence-electron chi connectivity index (χ2n) is 6.84. The van der Waals surface area contributed by atoms with Crippen LogP contribution >= 0.6 is 0 Å². The van der Waals surface area contributed by atoms with Crippen molar-refractivity contribution in [3.63, 3.8) is 0 Å². The first-order valence-corrected chi connectivity index (χ1v) is 10.3. The van der Waals surface area contributed by atoms with Crippen LogP contribution in [0.15, 0.2) is 0 Å². The normalized spacial score (nSPS) is 23.7. The Balaban J connectivity index is 1.92. The van der Waals surface area contributed by atoms with Gasteiger partial charge >= 0.3 is 5.97 Å². The van der Waals surface area contributed by atoms with Crippen LogP contribution in [0.2, 0.25) is 0 Å². The van der Waals surface area contributed by atoms with E-state index in [0.29, 0.717) is 51.9 Å². The predicted molar refractivity (Wildman–Crippen MR) is 92.8 cm³/mol. The van der Waals surface area contributed by atoms with Gasteiger partial charge in [0.2, 0.25) is 5.91 Å². The van der Waals surface area contributed by atoms with Crippen molar-refractivity contribution in [2.75, 3.05) is 46.9 Å². The van der Waals surface area contributed by atoms with Crippen molar-refractivity contribution in [3.8, 4) is 0 Å². The maximum absolute atomic E-state index is 12.8. The SMILES string of the molecule is CCOC(=O)C1CCN(C(=O)[C@@H]2CCCN(S(=O)(=O)N(C)C)C2)CC1. The Morgan fingerprint density at radius 3 is 2.28 bits per heavy atom. The van der Waals surface area contributed by atoms with Gasteiger partial charge in [-0.25, -0.2) is 0 Å². The van der Waals surface area contributed by atoms with Gasteiger partial charge in [-0.3, -0.25) is 9.59 Å². The summed E-state index contributed by atoms with van der Waals surface area (Å²) >= 11 is 0. The lowest BCUT2D eigenvalue weighted by Crippen LogP contribution is -2.51. The first kappa shape index (κ1) is 20.1. The van der Waals surface area contributed by atoms with E-state index in [9.17, 15) is 18.0 Å². The molecule has 0 aromatic heterocycles. The fourth-order valence-electron chi connectivity index (χ4n) is 3.44. The molecule has 0 bridgehead atoms. The van der Waals surface area contributed by atoms with Crippen LogP contribution in [0, 0.1) is 11.8 Å². The van der Waals surface area contributed by atoms with E-state index in [2.05, 4.69) is 0 Å². The number of piperidine rings is 2. The van der Waals surface area contributed by atoms with Gasteiger partial charge in [-0.1, -0.05) is 0 Å². The molecule has 2 fully saturated rings. The summed E-state index contributed by atoms with van der Waals surface area (Å²) < 4.78 is 32.2. The number of hydrogen-bond donors (Lipinski definition) is 0. The molecule has 0 aromatic rings. The highest BCUT2D eigenvalue weighted by Crippen LogP contribution is 2.25. The summed E-state index contributed by atoms with van der Waals surface area (Å²) in [6.45, 7) is 3.90. The number of carbonyl (C=O) groups excluding carboxylic acids is 2. The zero-order valence-electron chi connectivity index (χ0n) is 15.3. The molecule has 2 aliphatic rings. The summed E-state index contributed by atoms with van der Waals surface area (Å²) in [4.78, 5) is 26.3. The molecule has 25 heavy (non-hydrogen) atoms. The molecule has 2 saturated heterocycles. The van der Waals surface area contributed by atoms with Crippen molar-refractivity contribution in [1.29, 1.82) is 0 Å². The number of carbonyl (C=O) groups is 2. The Morgan fingerprint density at radius 2 is 1.72 bits per heavy atom. The van der Waals surface area contributed by atoms with Crippen LogP contribution in [0.1, 0.15) is 32.6 Å². The Bertz CT molecular complexity index is 585. The molecule has 1 atom stereocenters. The van der Waals surface area contributed by atoms with E-state index in [4.69, 9.17) is 4.74 Å². The standard InChI is InChI=1S/C16H29N3O5S/c1-4-24-16(21)13-7-10-18(11-8-13)15(20)14-6-5-9-19(12-14)25(22,23)17(2)3/h13-14H,4-12H2,1-3H3/t14-/m1/s1. The van der Waals surface area contributed by atoms with Gasteiger partial charge in [0, 0.05) is 40.3 Å². The van der Waals surface area contributed by atoms with Gasteiger partial charge in [-0.2, -0.15) is 17.0 Å². The molecule has 2 heterocycles. The van der Waals surface area contributed by atoms with E-state index in [1.54, 1.807) is 11.8 Å². The molecule has 0 unspecified atom stereocenters. The molecule has 0 N–H and O–H groups in total. The number of ether oxygens (including phenoxy) is 1. The number of amides is 1. The maximum atomic E-state index is 12.8. The van der Waals surface area contributed by atoms with Crippen LogP contribution in [0.25, 0.3) is 0 Å². The molecule has 8 nitrogen and oxygen atoms in total. The van der Waals surface area contributed by atoms with Crippen LogP contribution in [-0.2, 0) is 24.5 Å². The maximum Gasteiger partial charge on any atom is 0.309 e. The molecule has 1 amide bonds. The molecular formula is C16H29N3O5S. The van der Waals surface area contributed by atoms with E-state index in [1.165, 1.54) is 22.7 Å².